The zero-order chi connectivity index (χ0) is 23.5. The molecule has 1 atom stereocenters. The van der Waals surface area contributed by atoms with Crippen LogP contribution in [0.15, 0.2) is 66.7 Å². The molecular formula is C27H28N4O2. The van der Waals surface area contributed by atoms with Crippen LogP contribution in [0.2, 0.25) is 0 Å². The number of nitrogens with one attached hydrogen (secondary N) is 2. The summed E-state index contributed by atoms with van der Waals surface area (Å²) in [4.78, 5) is 30.4. The topological polar surface area (TPSA) is 76.0 Å². The Hall–Kier alpha value is -3.93. The van der Waals surface area contributed by atoms with Crippen LogP contribution in [0.5, 0.6) is 0 Å². The number of carbonyl (C=O) groups excluding carboxylic acids is 2. The first-order valence-electron chi connectivity index (χ1n) is 11.0. The van der Waals surface area contributed by atoms with E-state index in [1.165, 1.54) is 0 Å². The summed E-state index contributed by atoms with van der Waals surface area (Å²) in [7, 11) is 0. The molecule has 33 heavy (non-hydrogen) atoms. The molecule has 0 spiro atoms. The molecule has 2 amide bonds. The van der Waals surface area contributed by atoms with Crippen molar-refractivity contribution in [2.24, 2.45) is 0 Å². The zero-order valence-electron chi connectivity index (χ0n) is 19.3. The number of aryl methyl sites for hydroxylation is 3. The smallest absolute Gasteiger partial charge is 0.251 e. The number of rotatable bonds is 6. The van der Waals surface area contributed by atoms with E-state index in [1.807, 2.05) is 80.8 Å². The van der Waals surface area contributed by atoms with Crippen LogP contribution in [0.1, 0.15) is 45.8 Å². The first-order valence-corrected chi connectivity index (χ1v) is 11.0. The molecule has 0 aliphatic rings. The van der Waals surface area contributed by atoms with Crippen LogP contribution in [0.4, 0.5) is 5.69 Å². The zero-order valence-corrected chi connectivity index (χ0v) is 19.3. The fourth-order valence-corrected chi connectivity index (χ4v) is 4.03. The number of benzene rings is 3. The third-order valence-corrected chi connectivity index (χ3v) is 5.54. The maximum Gasteiger partial charge on any atom is 0.251 e. The van der Waals surface area contributed by atoms with E-state index in [9.17, 15) is 9.59 Å². The number of imidazole rings is 1. The van der Waals surface area contributed by atoms with Gasteiger partial charge < -0.3 is 15.2 Å². The minimum atomic E-state index is -0.389. The molecule has 6 nitrogen and oxygen atoms in total. The molecule has 4 aromatic rings. The number of carbonyl (C=O) groups is 2. The normalized spacial score (nSPS) is 11.9. The summed E-state index contributed by atoms with van der Waals surface area (Å²) in [6.45, 7) is 7.96. The minimum Gasteiger partial charge on any atom is -0.342 e. The van der Waals surface area contributed by atoms with E-state index in [1.54, 1.807) is 12.1 Å². The predicted molar refractivity (Wildman–Crippen MR) is 131 cm³/mol. The van der Waals surface area contributed by atoms with E-state index in [0.717, 1.165) is 33.4 Å². The van der Waals surface area contributed by atoms with Crippen molar-refractivity contribution < 1.29 is 9.59 Å². The lowest BCUT2D eigenvalue weighted by Crippen LogP contribution is -2.30. The van der Waals surface area contributed by atoms with Crippen LogP contribution < -0.4 is 10.6 Å². The molecule has 0 saturated heterocycles. The van der Waals surface area contributed by atoms with Crippen LogP contribution in [0, 0.1) is 20.8 Å². The van der Waals surface area contributed by atoms with Crippen LogP contribution in [0.25, 0.3) is 11.0 Å². The van der Waals surface area contributed by atoms with Gasteiger partial charge in [0.2, 0.25) is 5.91 Å². The maximum absolute atomic E-state index is 12.9. The summed E-state index contributed by atoms with van der Waals surface area (Å²) in [6.07, 6.45) is 0. The molecule has 0 fully saturated rings. The van der Waals surface area contributed by atoms with Crippen LogP contribution in [-0.4, -0.2) is 21.4 Å². The second-order valence-electron chi connectivity index (χ2n) is 8.53. The Balaban J connectivity index is 1.59. The van der Waals surface area contributed by atoms with Gasteiger partial charge in [-0.1, -0.05) is 35.9 Å². The van der Waals surface area contributed by atoms with Crippen molar-refractivity contribution in [3.8, 4) is 0 Å². The number of anilines is 1. The molecule has 4 rings (SSSR count). The summed E-state index contributed by atoms with van der Waals surface area (Å²) in [5, 5.41) is 6.01. The molecule has 0 aliphatic carbocycles. The average molecular weight is 441 g/mol. The Morgan fingerprint density at radius 3 is 2.27 bits per heavy atom. The van der Waals surface area contributed by atoms with Crippen molar-refractivity contribution in [3.05, 3.63) is 94.8 Å². The Morgan fingerprint density at radius 2 is 1.58 bits per heavy atom. The Labute approximate surface area is 193 Å². The molecule has 2 N–H and O–H groups in total. The highest BCUT2D eigenvalue weighted by atomic mass is 16.2. The minimum absolute atomic E-state index is 0.0909. The molecular weight excluding hydrogens is 412 g/mol. The van der Waals surface area contributed by atoms with Gasteiger partial charge in [0, 0.05) is 11.3 Å². The van der Waals surface area contributed by atoms with Gasteiger partial charge in [-0.15, -0.1) is 0 Å². The summed E-state index contributed by atoms with van der Waals surface area (Å²) in [6, 6.07) is 20.7. The number of fused-ring (bicyclic) bond motifs is 1. The highest BCUT2D eigenvalue weighted by Gasteiger charge is 2.20. The number of hydrogen-bond acceptors (Lipinski definition) is 3. The van der Waals surface area contributed by atoms with Gasteiger partial charge in [0.1, 0.15) is 12.4 Å². The van der Waals surface area contributed by atoms with Crippen LogP contribution in [0.3, 0.4) is 0 Å². The quantitative estimate of drug-likeness (QED) is 0.438. The Bertz CT molecular complexity index is 1300. The van der Waals surface area contributed by atoms with Gasteiger partial charge in [-0.2, -0.15) is 0 Å². The number of nitrogens with zero attached hydrogens (tertiary/aromatic N) is 2. The molecule has 0 saturated carbocycles. The number of para-hydroxylation sites is 2. The molecule has 1 aromatic heterocycles. The van der Waals surface area contributed by atoms with Gasteiger partial charge in [-0.3, -0.25) is 9.59 Å². The SMILES string of the molecule is Cc1ccc(C(=O)NC(C)c2nc3ccccc3n2CC(=O)Nc2cc(C)cc(C)c2)cc1. The maximum atomic E-state index is 12.9. The van der Waals surface area contributed by atoms with Gasteiger partial charge >= 0.3 is 0 Å². The fourth-order valence-electron chi connectivity index (χ4n) is 4.03. The second kappa shape index (κ2) is 9.28. The standard InChI is InChI=1S/C27H28N4O2/c1-17-9-11-21(12-10-17)27(33)28-20(4)26-30-23-7-5-6-8-24(23)31(26)16-25(32)29-22-14-18(2)13-19(3)15-22/h5-15,20H,16H2,1-4H3,(H,28,33)(H,29,32). The lowest BCUT2D eigenvalue weighted by atomic mass is 10.1. The van der Waals surface area contributed by atoms with Crippen molar-refractivity contribution >= 4 is 28.5 Å². The van der Waals surface area contributed by atoms with E-state index in [2.05, 4.69) is 16.7 Å². The molecule has 1 unspecified atom stereocenters. The van der Waals surface area contributed by atoms with Gasteiger partial charge in [-0.25, -0.2) is 4.98 Å². The van der Waals surface area contributed by atoms with Crippen molar-refractivity contribution in [2.75, 3.05) is 5.32 Å². The Morgan fingerprint density at radius 1 is 0.909 bits per heavy atom. The van der Waals surface area contributed by atoms with Gasteiger partial charge in [0.15, 0.2) is 0 Å². The lowest BCUT2D eigenvalue weighted by molar-refractivity contribution is -0.116. The lowest BCUT2D eigenvalue weighted by Gasteiger charge is -2.17. The predicted octanol–water partition coefficient (Wildman–Crippen LogP) is 5.09. The van der Waals surface area contributed by atoms with Gasteiger partial charge in [0.05, 0.1) is 17.1 Å². The van der Waals surface area contributed by atoms with Gasteiger partial charge in [-0.05, 0) is 75.2 Å². The monoisotopic (exact) mass is 440 g/mol. The third-order valence-electron chi connectivity index (χ3n) is 5.54. The highest BCUT2D eigenvalue weighted by Crippen LogP contribution is 2.22. The summed E-state index contributed by atoms with van der Waals surface area (Å²) < 4.78 is 1.87. The van der Waals surface area contributed by atoms with E-state index in [-0.39, 0.29) is 24.4 Å². The molecule has 1 heterocycles. The van der Waals surface area contributed by atoms with Crippen molar-refractivity contribution in [1.82, 2.24) is 14.9 Å². The van der Waals surface area contributed by atoms with Gasteiger partial charge in [0.25, 0.3) is 5.91 Å². The highest BCUT2D eigenvalue weighted by molar-refractivity contribution is 5.94. The molecule has 0 aliphatic heterocycles. The van der Waals surface area contributed by atoms with Crippen LogP contribution in [-0.2, 0) is 11.3 Å². The molecule has 6 heteroatoms. The fraction of sp³-hybridized carbons (Fsp3) is 0.222. The first-order chi connectivity index (χ1) is 15.8. The number of aromatic nitrogens is 2. The summed E-state index contributed by atoms with van der Waals surface area (Å²) in [5.74, 6) is 0.300. The van der Waals surface area contributed by atoms with E-state index < -0.39 is 0 Å². The van der Waals surface area contributed by atoms with Crippen molar-refractivity contribution in [3.63, 3.8) is 0 Å². The Kier molecular flexibility index (Phi) is 6.27. The molecule has 3 aromatic carbocycles. The largest absolute Gasteiger partial charge is 0.342 e. The van der Waals surface area contributed by atoms with E-state index in [4.69, 9.17) is 4.98 Å². The third kappa shape index (κ3) is 5.12. The number of hydrogen-bond donors (Lipinski definition) is 2. The van der Waals surface area contributed by atoms with Crippen LogP contribution >= 0.6 is 0 Å². The van der Waals surface area contributed by atoms with E-state index in [0.29, 0.717) is 11.4 Å². The average Bonchev–Trinajstić information content (AvgIpc) is 3.12. The molecule has 0 bridgehead atoms. The summed E-state index contributed by atoms with van der Waals surface area (Å²) >= 11 is 0. The summed E-state index contributed by atoms with van der Waals surface area (Å²) in [5.41, 5.74) is 6.25. The molecule has 168 valence electrons. The number of amides is 2. The molecule has 0 radical (unpaired) electrons. The van der Waals surface area contributed by atoms with E-state index >= 15 is 0 Å². The first kappa shape index (κ1) is 22.3. The van der Waals surface area contributed by atoms with Crippen molar-refractivity contribution in [2.45, 2.75) is 40.3 Å². The second-order valence-corrected chi connectivity index (χ2v) is 8.53. The van der Waals surface area contributed by atoms with Crippen molar-refractivity contribution in [1.29, 1.82) is 0 Å².